The van der Waals surface area contributed by atoms with Crippen LogP contribution in [0.4, 0.5) is 0 Å². The smallest absolute Gasteiger partial charge is 0.404 e. The number of hydrogen-bond acceptors (Lipinski definition) is 7. The maximum atomic E-state index is 13.0. The fourth-order valence-corrected chi connectivity index (χ4v) is 3.38. The van der Waals surface area contributed by atoms with Crippen molar-refractivity contribution < 1.29 is 42.8 Å². The Morgan fingerprint density at radius 2 is 1.51 bits per heavy atom. The highest BCUT2D eigenvalue weighted by molar-refractivity contribution is 7.46. The highest BCUT2D eigenvalue weighted by Gasteiger charge is 2.31. The molecule has 0 heterocycles. The highest BCUT2D eigenvalue weighted by Crippen LogP contribution is 2.37. The zero-order valence-corrected chi connectivity index (χ0v) is 20.3. The van der Waals surface area contributed by atoms with Gasteiger partial charge in [-0.3, -0.25) is 33.8 Å². The van der Waals surface area contributed by atoms with Crippen molar-refractivity contribution in [3.8, 4) is 5.75 Å². The summed E-state index contributed by atoms with van der Waals surface area (Å²) in [5.41, 5.74) is 10.8. The maximum Gasteiger partial charge on any atom is 0.524 e. The predicted octanol–water partition coefficient (Wildman–Crippen LogP) is -1.81. The summed E-state index contributed by atoms with van der Waals surface area (Å²) in [4.78, 5) is 77.7. The molecular weight excluding hydrogens is 485 g/mol. The molecule has 9 N–H and O–H groups in total. The molecule has 194 valence electrons. The highest BCUT2D eigenvalue weighted by atomic mass is 31.2. The quantitative estimate of drug-likeness (QED) is 0.146. The fourth-order valence-electron chi connectivity index (χ4n) is 2.99. The van der Waals surface area contributed by atoms with Gasteiger partial charge in [-0.05, 0) is 23.6 Å². The molecule has 0 unspecified atom stereocenters. The van der Waals surface area contributed by atoms with Crippen LogP contribution in [-0.4, -0.2) is 57.4 Å². The van der Waals surface area contributed by atoms with E-state index in [-0.39, 0.29) is 12.2 Å². The number of benzene rings is 1. The zero-order valence-electron chi connectivity index (χ0n) is 19.4. The average Bonchev–Trinajstić information content (AvgIpc) is 2.70. The summed E-state index contributed by atoms with van der Waals surface area (Å²) in [7, 11) is -4.74. The molecule has 1 aromatic rings. The summed E-state index contributed by atoms with van der Waals surface area (Å²) >= 11 is 0. The van der Waals surface area contributed by atoms with Crippen LogP contribution in [0.25, 0.3) is 0 Å². The van der Waals surface area contributed by atoms with Crippen LogP contribution in [0.2, 0.25) is 0 Å². The number of carbonyl (C=O) groups excluding carboxylic acids is 5. The van der Waals surface area contributed by atoms with Gasteiger partial charge in [0.05, 0.1) is 6.42 Å². The van der Waals surface area contributed by atoms with Crippen molar-refractivity contribution in [3.63, 3.8) is 0 Å². The molecule has 0 saturated heterocycles. The van der Waals surface area contributed by atoms with Crippen molar-refractivity contribution in [2.24, 2.45) is 17.4 Å². The molecule has 0 fully saturated rings. The number of hydrogen-bond donors (Lipinski definition) is 7. The second-order valence-corrected chi connectivity index (χ2v) is 9.21. The van der Waals surface area contributed by atoms with Crippen molar-refractivity contribution in [2.75, 3.05) is 0 Å². The first-order valence-electron chi connectivity index (χ1n) is 10.4. The van der Waals surface area contributed by atoms with E-state index in [1.807, 2.05) is 0 Å². The summed E-state index contributed by atoms with van der Waals surface area (Å²) in [6.45, 7) is 4.46. The minimum absolute atomic E-state index is 0.0282. The summed E-state index contributed by atoms with van der Waals surface area (Å²) in [5.74, 6) is -4.40. The maximum absolute atomic E-state index is 13.0. The number of phosphoric acid groups is 1. The van der Waals surface area contributed by atoms with Crippen LogP contribution in [0.1, 0.15) is 32.8 Å². The van der Waals surface area contributed by atoms with E-state index >= 15 is 0 Å². The Labute approximate surface area is 201 Å². The number of amides is 5. The first kappa shape index (κ1) is 29.6. The van der Waals surface area contributed by atoms with Gasteiger partial charge in [0.2, 0.25) is 29.5 Å². The van der Waals surface area contributed by atoms with Crippen molar-refractivity contribution in [1.82, 2.24) is 16.0 Å². The van der Waals surface area contributed by atoms with E-state index in [1.165, 1.54) is 31.2 Å². The molecule has 3 atom stereocenters. The third-order valence-electron chi connectivity index (χ3n) is 4.59. The molecular formula is C20H30N5O9P. The van der Waals surface area contributed by atoms with E-state index in [0.29, 0.717) is 5.56 Å². The van der Waals surface area contributed by atoms with E-state index in [0.717, 1.165) is 0 Å². The van der Waals surface area contributed by atoms with Gasteiger partial charge in [-0.25, -0.2) is 4.57 Å². The van der Waals surface area contributed by atoms with Crippen LogP contribution in [0.15, 0.2) is 24.3 Å². The molecule has 0 aliphatic carbocycles. The number of carbonyl (C=O) groups is 5. The molecule has 15 heteroatoms. The number of phosphoric ester groups is 1. The van der Waals surface area contributed by atoms with Gasteiger partial charge in [0.15, 0.2) is 0 Å². The molecule has 0 aliphatic rings. The lowest BCUT2D eigenvalue weighted by molar-refractivity contribution is -0.134. The Bertz CT molecular complexity index is 993. The first-order valence-corrected chi connectivity index (χ1v) is 11.9. The Hall–Kier alpha value is -3.48. The van der Waals surface area contributed by atoms with Crippen molar-refractivity contribution in [2.45, 2.75) is 51.7 Å². The number of nitrogens with two attached hydrogens (primary N) is 2. The topological polar surface area (TPSA) is 240 Å². The molecule has 35 heavy (non-hydrogen) atoms. The van der Waals surface area contributed by atoms with Gasteiger partial charge in [-0.15, -0.1) is 0 Å². The number of primary amides is 2. The van der Waals surface area contributed by atoms with E-state index in [4.69, 9.17) is 21.3 Å². The summed E-state index contributed by atoms with van der Waals surface area (Å²) in [5, 5.41) is 7.29. The van der Waals surface area contributed by atoms with Crippen molar-refractivity contribution in [1.29, 1.82) is 0 Å². The SMILES string of the molecule is CC(=O)N[C@@H](Cc1ccc(OP(=O)(O)O)cc1)C(=O)N[C@H](C(=O)N[C@@H](CC(N)=O)C(N)=O)C(C)C. The molecule has 0 spiro atoms. The molecule has 0 aliphatic heterocycles. The van der Waals surface area contributed by atoms with E-state index < -0.39 is 67.8 Å². The van der Waals surface area contributed by atoms with Gasteiger partial charge in [0.25, 0.3) is 0 Å². The van der Waals surface area contributed by atoms with Crippen LogP contribution in [0.3, 0.4) is 0 Å². The molecule has 1 aromatic carbocycles. The standard InChI is InChI=1S/C20H30N5O9P/c1-10(2)17(20(30)24-14(18(22)28)9-16(21)27)25-19(29)15(23-11(3)26)8-12-4-6-13(7-5-12)34-35(31,32)33/h4-7,10,14-15,17H,8-9H2,1-3H3,(H2,21,27)(H2,22,28)(H,23,26)(H,24,30)(H,25,29)(H2,31,32,33)/t14-,15-,17-/m0/s1. The van der Waals surface area contributed by atoms with Crippen molar-refractivity contribution in [3.05, 3.63) is 29.8 Å². The predicted molar refractivity (Wildman–Crippen MR) is 122 cm³/mol. The molecule has 14 nitrogen and oxygen atoms in total. The monoisotopic (exact) mass is 515 g/mol. The average molecular weight is 515 g/mol. The fraction of sp³-hybridized carbons (Fsp3) is 0.450. The van der Waals surface area contributed by atoms with Gasteiger partial charge in [-0.1, -0.05) is 26.0 Å². The van der Waals surface area contributed by atoms with Crippen LogP contribution in [-0.2, 0) is 35.0 Å². The lowest BCUT2D eigenvalue weighted by atomic mass is 10.00. The Balaban J connectivity index is 3.01. The Morgan fingerprint density at radius 1 is 0.943 bits per heavy atom. The number of nitrogens with one attached hydrogen (secondary N) is 3. The molecule has 5 amide bonds. The largest absolute Gasteiger partial charge is 0.524 e. The summed E-state index contributed by atoms with van der Waals surface area (Å²) in [6, 6.07) is 1.83. The van der Waals surface area contributed by atoms with Gasteiger partial charge in [0, 0.05) is 13.3 Å². The van der Waals surface area contributed by atoms with Gasteiger partial charge in [-0.2, -0.15) is 0 Å². The summed E-state index contributed by atoms with van der Waals surface area (Å²) in [6.07, 6.45) is -0.546. The van der Waals surface area contributed by atoms with Gasteiger partial charge >= 0.3 is 7.82 Å². The van der Waals surface area contributed by atoms with Crippen LogP contribution < -0.4 is 31.9 Å². The van der Waals surface area contributed by atoms with E-state index in [1.54, 1.807) is 13.8 Å². The Kier molecular flexibility index (Phi) is 10.8. The minimum Gasteiger partial charge on any atom is -0.404 e. The number of rotatable bonds is 13. The van der Waals surface area contributed by atoms with Crippen LogP contribution >= 0.6 is 7.82 Å². The second-order valence-electron chi connectivity index (χ2n) is 8.05. The zero-order chi connectivity index (χ0) is 26.9. The lowest BCUT2D eigenvalue weighted by Crippen LogP contribution is -2.58. The van der Waals surface area contributed by atoms with Crippen LogP contribution in [0.5, 0.6) is 5.75 Å². The van der Waals surface area contributed by atoms with Crippen molar-refractivity contribution >= 4 is 37.4 Å². The van der Waals surface area contributed by atoms with Gasteiger partial charge in [0.1, 0.15) is 23.9 Å². The third kappa shape index (κ3) is 11.0. The molecule has 0 bridgehead atoms. The Morgan fingerprint density at radius 3 is 1.94 bits per heavy atom. The van der Waals surface area contributed by atoms with E-state index in [9.17, 15) is 28.5 Å². The molecule has 0 radical (unpaired) electrons. The minimum atomic E-state index is -4.74. The molecule has 0 aromatic heterocycles. The van der Waals surface area contributed by atoms with E-state index in [2.05, 4.69) is 20.5 Å². The first-order chi connectivity index (χ1) is 16.1. The second kappa shape index (κ2) is 12.8. The van der Waals surface area contributed by atoms with Gasteiger partial charge < -0.3 is 31.9 Å². The van der Waals surface area contributed by atoms with Crippen LogP contribution in [0, 0.1) is 5.92 Å². The normalized spacial score (nSPS) is 13.8. The molecule has 1 rings (SSSR count). The third-order valence-corrected chi connectivity index (χ3v) is 5.04. The molecule has 0 saturated carbocycles. The summed E-state index contributed by atoms with van der Waals surface area (Å²) < 4.78 is 15.4. The lowest BCUT2D eigenvalue weighted by Gasteiger charge is -2.26.